The van der Waals surface area contributed by atoms with Gasteiger partial charge in [-0.3, -0.25) is 9.36 Å². The molecule has 1 aromatic heterocycles. The third-order valence-corrected chi connectivity index (χ3v) is 5.55. The van der Waals surface area contributed by atoms with Crippen LogP contribution >= 0.6 is 11.8 Å². The number of nitrogens with one attached hydrogen (secondary N) is 1. The van der Waals surface area contributed by atoms with E-state index in [1.54, 1.807) is 31.4 Å². The molecule has 0 spiro atoms. The molecule has 1 heterocycles. The number of nitrogens with zero attached hydrogens (tertiary/aromatic N) is 4. The minimum Gasteiger partial charge on any atom is -0.508 e. The van der Waals surface area contributed by atoms with Gasteiger partial charge in [0.05, 0.1) is 19.1 Å². The highest BCUT2D eigenvalue weighted by Crippen LogP contribution is 2.28. The van der Waals surface area contributed by atoms with Gasteiger partial charge in [0.1, 0.15) is 11.5 Å². The first kappa shape index (κ1) is 22.1. The van der Waals surface area contributed by atoms with E-state index in [-0.39, 0.29) is 17.4 Å². The molecule has 0 saturated heterocycles. The molecule has 0 fully saturated rings. The van der Waals surface area contributed by atoms with Crippen molar-refractivity contribution < 1.29 is 14.6 Å². The number of methoxy groups -OCH3 is 1. The summed E-state index contributed by atoms with van der Waals surface area (Å²) in [5, 5.41) is 22.6. The maximum Gasteiger partial charge on any atom is 0.250 e. The Balaban J connectivity index is 1.49. The zero-order chi connectivity index (χ0) is 23.0. The first-order valence-corrected chi connectivity index (χ1v) is 11.0. The van der Waals surface area contributed by atoms with Gasteiger partial charge in [-0.2, -0.15) is 5.10 Å². The quantitative estimate of drug-likeness (QED) is 0.235. The number of benzene rings is 3. The predicted molar refractivity (Wildman–Crippen MR) is 128 cm³/mol. The van der Waals surface area contributed by atoms with Gasteiger partial charge in [-0.25, -0.2) is 5.43 Å². The van der Waals surface area contributed by atoms with Crippen molar-refractivity contribution >= 4 is 23.9 Å². The number of ether oxygens (including phenoxy) is 1. The van der Waals surface area contributed by atoms with Gasteiger partial charge in [-0.15, -0.1) is 10.2 Å². The molecule has 0 aliphatic rings. The van der Waals surface area contributed by atoms with E-state index < -0.39 is 0 Å². The lowest BCUT2D eigenvalue weighted by Gasteiger charge is -2.10. The van der Waals surface area contributed by atoms with Crippen LogP contribution in [0.15, 0.2) is 89.1 Å². The minimum absolute atomic E-state index is 0.112. The number of aromatic hydroxyl groups is 1. The van der Waals surface area contributed by atoms with E-state index in [9.17, 15) is 9.90 Å². The van der Waals surface area contributed by atoms with E-state index >= 15 is 0 Å². The molecule has 3 aromatic carbocycles. The van der Waals surface area contributed by atoms with Gasteiger partial charge in [-0.1, -0.05) is 30.0 Å². The largest absolute Gasteiger partial charge is 0.508 e. The lowest BCUT2D eigenvalue weighted by molar-refractivity contribution is -0.118. The fourth-order valence-electron chi connectivity index (χ4n) is 3.00. The first-order chi connectivity index (χ1) is 16.1. The van der Waals surface area contributed by atoms with E-state index in [1.807, 2.05) is 59.2 Å². The van der Waals surface area contributed by atoms with Crippen molar-refractivity contribution in [1.29, 1.82) is 0 Å². The summed E-state index contributed by atoms with van der Waals surface area (Å²) < 4.78 is 7.16. The van der Waals surface area contributed by atoms with Crippen molar-refractivity contribution in [2.75, 3.05) is 12.9 Å². The molecule has 0 bridgehead atoms. The number of hydrogen-bond donors (Lipinski definition) is 2. The Morgan fingerprint density at radius 3 is 2.48 bits per heavy atom. The number of para-hydroxylation sites is 1. The van der Waals surface area contributed by atoms with Gasteiger partial charge >= 0.3 is 0 Å². The molecule has 0 saturated carbocycles. The van der Waals surface area contributed by atoms with Gasteiger partial charge in [0, 0.05) is 11.3 Å². The molecule has 0 aliphatic heterocycles. The van der Waals surface area contributed by atoms with Gasteiger partial charge in [-0.05, 0) is 66.2 Å². The van der Waals surface area contributed by atoms with Crippen LogP contribution in [0.25, 0.3) is 17.1 Å². The molecule has 9 heteroatoms. The summed E-state index contributed by atoms with van der Waals surface area (Å²) in [4.78, 5) is 12.3. The number of carbonyl (C=O) groups is 1. The van der Waals surface area contributed by atoms with Crippen LogP contribution in [-0.2, 0) is 4.79 Å². The van der Waals surface area contributed by atoms with E-state index in [1.165, 1.54) is 18.0 Å². The molecule has 0 unspecified atom stereocenters. The Morgan fingerprint density at radius 1 is 1.06 bits per heavy atom. The molecule has 0 atom stereocenters. The number of phenolic OH excluding ortho intramolecular Hbond substituents is 1. The second kappa shape index (κ2) is 10.5. The predicted octanol–water partition coefficient (Wildman–Crippen LogP) is 3.89. The lowest BCUT2D eigenvalue weighted by Crippen LogP contribution is -2.20. The highest BCUT2D eigenvalue weighted by Gasteiger charge is 2.17. The molecular formula is C24H21N5O3S. The normalized spacial score (nSPS) is 10.9. The lowest BCUT2D eigenvalue weighted by atomic mass is 10.2. The van der Waals surface area contributed by atoms with Gasteiger partial charge in [0.25, 0.3) is 5.91 Å². The van der Waals surface area contributed by atoms with Crippen LogP contribution in [0, 0.1) is 0 Å². The van der Waals surface area contributed by atoms with Crippen LogP contribution in [0.4, 0.5) is 0 Å². The maximum atomic E-state index is 12.3. The van der Waals surface area contributed by atoms with Gasteiger partial charge < -0.3 is 9.84 Å². The standard InChI is InChI=1S/C24H21N5O3S/c1-32-21-13-9-18(10-14-21)23-27-28-24(29(23)19-5-3-2-4-6-19)33-16-22(31)26-25-15-17-7-11-20(30)12-8-17/h2-15,30H,16H2,1H3,(H,26,31). The maximum absolute atomic E-state index is 12.3. The minimum atomic E-state index is -0.274. The molecule has 1 amide bonds. The van der Waals surface area contributed by atoms with Crippen molar-refractivity contribution in [2.45, 2.75) is 5.16 Å². The number of rotatable bonds is 8. The number of aromatic nitrogens is 3. The summed E-state index contributed by atoms with van der Waals surface area (Å²) in [6.07, 6.45) is 1.51. The van der Waals surface area contributed by atoms with Gasteiger partial charge in [0.15, 0.2) is 11.0 Å². The van der Waals surface area contributed by atoms with Crippen LogP contribution in [0.3, 0.4) is 0 Å². The Labute approximate surface area is 194 Å². The summed E-state index contributed by atoms with van der Waals surface area (Å²) in [6, 6.07) is 23.8. The first-order valence-electron chi connectivity index (χ1n) is 10.0. The van der Waals surface area contributed by atoms with E-state index in [2.05, 4.69) is 20.7 Å². The summed E-state index contributed by atoms with van der Waals surface area (Å²) in [6.45, 7) is 0. The summed E-state index contributed by atoms with van der Waals surface area (Å²) in [5.41, 5.74) is 5.03. The summed E-state index contributed by atoms with van der Waals surface area (Å²) in [5.74, 6) is 1.43. The Morgan fingerprint density at radius 2 is 1.79 bits per heavy atom. The Hall–Kier alpha value is -4.11. The average Bonchev–Trinajstić information content (AvgIpc) is 3.28. The Bertz CT molecular complexity index is 1240. The molecule has 4 aromatic rings. The number of phenols is 1. The summed E-state index contributed by atoms with van der Waals surface area (Å²) in [7, 11) is 1.62. The molecule has 166 valence electrons. The fraction of sp³-hybridized carbons (Fsp3) is 0.0833. The van der Waals surface area contributed by atoms with E-state index in [0.29, 0.717) is 11.0 Å². The van der Waals surface area contributed by atoms with Crippen LogP contribution in [-0.4, -0.2) is 44.9 Å². The molecule has 4 rings (SSSR count). The number of hydrogen-bond acceptors (Lipinski definition) is 7. The highest BCUT2D eigenvalue weighted by molar-refractivity contribution is 7.99. The zero-order valence-corrected chi connectivity index (χ0v) is 18.6. The molecule has 33 heavy (non-hydrogen) atoms. The van der Waals surface area contributed by atoms with E-state index in [4.69, 9.17) is 4.74 Å². The molecule has 0 aliphatic carbocycles. The molecule has 2 N–H and O–H groups in total. The molecule has 0 radical (unpaired) electrons. The second-order valence-corrected chi connectivity index (χ2v) is 7.82. The monoisotopic (exact) mass is 459 g/mol. The van der Waals surface area contributed by atoms with Crippen molar-refractivity contribution in [1.82, 2.24) is 20.2 Å². The average molecular weight is 460 g/mol. The third kappa shape index (κ3) is 5.58. The fourth-order valence-corrected chi connectivity index (χ4v) is 3.75. The van der Waals surface area contributed by atoms with Gasteiger partial charge in [0.2, 0.25) is 0 Å². The van der Waals surface area contributed by atoms with Crippen molar-refractivity contribution in [3.8, 4) is 28.6 Å². The highest BCUT2D eigenvalue weighted by atomic mass is 32.2. The Kier molecular flexibility index (Phi) is 7.01. The zero-order valence-electron chi connectivity index (χ0n) is 17.8. The number of thioether (sulfide) groups is 1. The smallest absolute Gasteiger partial charge is 0.250 e. The van der Waals surface area contributed by atoms with Crippen molar-refractivity contribution in [2.24, 2.45) is 5.10 Å². The van der Waals surface area contributed by atoms with Crippen LogP contribution in [0.5, 0.6) is 11.5 Å². The molecular weight excluding hydrogens is 438 g/mol. The number of hydrazone groups is 1. The third-order valence-electron chi connectivity index (χ3n) is 4.62. The number of carbonyl (C=O) groups excluding carboxylic acids is 1. The summed E-state index contributed by atoms with van der Waals surface area (Å²) >= 11 is 1.27. The van der Waals surface area contributed by atoms with Crippen molar-refractivity contribution in [3.05, 3.63) is 84.4 Å². The van der Waals surface area contributed by atoms with Crippen LogP contribution < -0.4 is 10.2 Å². The topological polar surface area (TPSA) is 102 Å². The van der Waals surface area contributed by atoms with Crippen molar-refractivity contribution in [3.63, 3.8) is 0 Å². The number of amides is 1. The molecule has 8 nitrogen and oxygen atoms in total. The SMILES string of the molecule is COc1ccc(-c2nnc(SCC(=O)NN=Cc3ccc(O)cc3)n2-c2ccccc2)cc1. The van der Waals surface area contributed by atoms with E-state index in [0.717, 1.165) is 22.6 Å². The second-order valence-electron chi connectivity index (χ2n) is 6.88. The van der Waals surface area contributed by atoms with Crippen LogP contribution in [0.2, 0.25) is 0 Å². The van der Waals surface area contributed by atoms with Crippen LogP contribution in [0.1, 0.15) is 5.56 Å².